The van der Waals surface area contributed by atoms with Gasteiger partial charge in [0.15, 0.2) is 5.58 Å². The van der Waals surface area contributed by atoms with Crippen LogP contribution < -0.4 is 0 Å². The van der Waals surface area contributed by atoms with Gasteiger partial charge in [0.1, 0.15) is 0 Å². The first kappa shape index (κ1) is 10.8. The fourth-order valence-corrected chi connectivity index (χ4v) is 2.65. The van der Waals surface area contributed by atoms with E-state index < -0.39 is 7.65 Å². The summed E-state index contributed by atoms with van der Waals surface area (Å²) in [6, 6.07) is 7.58. The number of rotatable bonds is 2. The Labute approximate surface area is 94.7 Å². The lowest BCUT2D eigenvalue weighted by Gasteiger charge is -1.97. The van der Waals surface area contributed by atoms with Crippen LogP contribution in [0.25, 0.3) is 23.1 Å². The van der Waals surface area contributed by atoms with Crippen LogP contribution in [0.1, 0.15) is 17.8 Å². The van der Waals surface area contributed by atoms with Crippen molar-refractivity contribution in [2.24, 2.45) is 0 Å². The molecule has 0 N–H and O–H groups in total. The molecule has 0 aliphatic heterocycles. The van der Waals surface area contributed by atoms with Crippen LogP contribution in [0.15, 0.2) is 41.1 Å². The van der Waals surface area contributed by atoms with Crippen molar-refractivity contribution in [1.29, 1.82) is 0 Å². The van der Waals surface area contributed by atoms with Gasteiger partial charge in [0.05, 0.1) is 0 Å². The largest absolute Gasteiger partial charge is 0.597 e. The van der Waals surface area contributed by atoms with Crippen LogP contribution in [0.5, 0.6) is 0 Å². The van der Waals surface area contributed by atoms with Crippen molar-refractivity contribution in [3.05, 3.63) is 47.8 Å². The van der Waals surface area contributed by atoms with Crippen LogP contribution >= 0.6 is 7.65 Å². The molecule has 1 unspecified atom stereocenters. The fourth-order valence-electron chi connectivity index (χ4n) is 1.67. The molecule has 2 aromatic rings. The Kier molecular flexibility index (Phi) is 3.02. The molecule has 0 saturated carbocycles. The van der Waals surface area contributed by atoms with Crippen LogP contribution in [0.4, 0.5) is 0 Å². The fraction of sp³-hybridized carbons (Fsp3) is 0.0769. The summed E-state index contributed by atoms with van der Waals surface area (Å²) >= 11 is 0. The molecule has 0 radical (unpaired) electrons. The average molecular weight is 231 g/mol. The molecular formula is C13H12O2P+. The Morgan fingerprint density at radius 1 is 1.38 bits per heavy atom. The van der Waals surface area contributed by atoms with Crippen molar-refractivity contribution in [3.8, 4) is 0 Å². The molecule has 1 atom stereocenters. The number of benzene rings is 1. The number of para-hydroxylation sites is 1. The van der Waals surface area contributed by atoms with Crippen molar-refractivity contribution in [3.63, 3.8) is 0 Å². The van der Waals surface area contributed by atoms with Crippen LogP contribution in [0, 0.1) is 0 Å². The van der Waals surface area contributed by atoms with Gasteiger partial charge in [-0.1, -0.05) is 36.9 Å². The number of fused-ring (bicyclic) bond motifs is 1. The van der Waals surface area contributed by atoms with Crippen molar-refractivity contribution >= 4 is 30.8 Å². The average Bonchev–Trinajstić information content (AvgIpc) is 2.29. The normalized spacial score (nSPS) is 12.2. The van der Waals surface area contributed by atoms with E-state index in [2.05, 4.69) is 6.58 Å². The first-order chi connectivity index (χ1) is 7.77. The molecule has 0 amide bonds. The molecule has 2 rings (SSSR count). The lowest BCUT2D eigenvalue weighted by molar-refractivity contribution is 0.561. The highest BCUT2D eigenvalue weighted by atomic mass is 31.1. The highest BCUT2D eigenvalue weighted by Gasteiger charge is 2.19. The van der Waals surface area contributed by atoms with Crippen molar-refractivity contribution in [2.45, 2.75) is 6.92 Å². The van der Waals surface area contributed by atoms with E-state index in [0.717, 1.165) is 10.9 Å². The zero-order valence-corrected chi connectivity index (χ0v) is 9.91. The van der Waals surface area contributed by atoms with Gasteiger partial charge in [-0.2, -0.15) is 0 Å². The third-order valence-electron chi connectivity index (χ3n) is 2.36. The second-order valence-corrected chi connectivity index (χ2v) is 4.53. The predicted molar refractivity (Wildman–Crippen MR) is 68.6 cm³/mol. The summed E-state index contributed by atoms with van der Waals surface area (Å²) in [7, 11) is -1.83. The number of hydrogen-bond donors (Lipinski definition) is 0. The molecule has 0 saturated heterocycles. The molecule has 1 heterocycles. The third kappa shape index (κ3) is 1.72. The van der Waals surface area contributed by atoms with Crippen LogP contribution in [-0.4, -0.2) is 0 Å². The number of hydrogen-bond acceptors (Lipinski definition) is 2. The standard InChI is InChI=1S/C13H12O2P/c1-3-7-11-10-8-5-6-9-12(10)15-16(14)13(11)4-2/h3-9H,2H2,1H3/q+1/b7-3-. The van der Waals surface area contributed by atoms with Gasteiger partial charge in [-0.15, -0.1) is 0 Å². The first-order valence-corrected chi connectivity index (χ1v) is 6.19. The SMILES string of the molecule is C=Cc1c(/C=C\C)c2ccccc2o[p+]1=O. The summed E-state index contributed by atoms with van der Waals surface area (Å²) in [4.78, 5) is 0. The molecule has 0 fully saturated rings. The minimum absolute atomic E-state index is 0.659. The second kappa shape index (κ2) is 4.46. The molecule has 0 aliphatic carbocycles. The molecule has 2 nitrogen and oxygen atoms in total. The van der Waals surface area contributed by atoms with Gasteiger partial charge >= 0.3 is 7.65 Å². The Bertz CT molecular complexity index is 623. The minimum atomic E-state index is -1.83. The molecule has 0 spiro atoms. The maximum atomic E-state index is 11.8. The van der Waals surface area contributed by atoms with Gasteiger partial charge in [0.25, 0.3) is 0 Å². The van der Waals surface area contributed by atoms with E-state index in [4.69, 9.17) is 4.20 Å². The molecule has 1 aromatic carbocycles. The maximum absolute atomic E-state index is 11.8. The monoisotopic (exact) mass is 231 g/mol. The van der Waals surface area contributed by atoms with Crippen LogP contribution in [0.3, 0.4) is 0 Å². The van der Waals surface area contributed by atoms with Gasteiger partial charge in [0.2, 0.25) is 5.30 Å². The van der Waals surface area contributed by atoms with E-state index in [0.29, 0.717) is 10.9 Å². The van der Waals surface area contributed by atoms with E-state index in [9.17, 15) is 4.57 Å². The Balaban J connectivity index is 2.98. The molecule has 0 aliphatic rings. The van der Waals surface area contributed by atoms with Crippen molar-refractivity contribution in [2.75, 3.05) is 0 Å². The Morgan fingerprint density at radius 3 is 2.81 bits per heavy atom. The van der Waals surface area contributed by atoms with Gasteiger partial charge in [0, 0.05) is 10.9 Å². The van der Waals surface area contributed by atoms with Gasteiger partial charge in [-0.3, -0.25) is 0 Å². The summed E-state index contributed by atoms with van der Waals surface area (Å²) in [6.07, 6.45) is 5.46. The predicted octanol–water partition coefficient (Wildman–Crippen LogP) is 4.85. The summed E-state index contributed by atoms with van der Waals surface area (Å²) in [5, 5.41) is 1.62. The minimum Gasteiger partial charge on any atom is -0.250 e. The summed E-state index contributed by atoms with van der Waals surface area (Å²) < 4.78 is 17.2. The molecule has 80 valence electrons. The summed E-state index contributed by atoms with van der Waals surface area (Å²) in [5.41, 5.74) is 1.60. The Hall–Kier alpha value is -1.66. The summed E-state index contributed by atoms with van der Waals surface area (Å²) in [5.74, 6) is 0. The van der Waals surface area contributed by atoms with E-state index in [1.54, 1.807) is 6.08 Å². The van der Waals surface area contributed by atoms with E-state index in [-0.39, 0.29) is 0 Å². The zero-order chi connectivity index (χ0) is 11.5. The highest BCUT2D eigenvalue weighted by Crippen LogP contribution is 2.34. The van der Waals surface area contributed by atoms with E-state index in [1.165, 1.54) is 0 Å². The van der Waals surface area contributed by atoms with E-state index in [1.807, 2.05) is 43.3 Å². The number of allylic oxidation sites excluding steroid dienone is 1. The third-order valence-corrected chi connectivity index (χ3v) is 3.54. The molecule has 16 heavy (non-hydrogen) atoms. The van der Waals surface area contributed by atoms with Crippen LogP contribution in [0.2, 0.25) is 0 Å². The van der Waals surface area contributed by atoms with Gasteiger partial charge < -0.3 is 0 Å². The smallest absolute Gasteiger partial charge is 0.250 e. The molecule has 1 aromatic heterocycles. The summed E-state index contributed by atoms with van der Waals surface area (Å²) in [6.45, 7) is 5.61. The topological polar surface area (TPSA) is 30.2 Å². The molecule has 3 heteroatoms. The lowest BCUT2D eigenvalue weighted by Crippen LogP contribution is -1.81. The van der Waals surface area contributed by atoms with Crippen molar-refractivity contribution < 1.29 is 8.76 Å². The lowest BCUT2D eigenvalue weighted by atomic mass is 10.1. The van der Waals surface area contributed by atoms with Gasteiger partial charge in [-0.05, 0) is 23.6 Å². The van der Waals surface area contributed by atoms with Crippen molar-refractivity contribution in [1.82, 2.24) is 0 Å². The first-order valence-electron chi connectivity index (χ1n) is 5.02. The molecule has 0 bridgehead atoms. The highest BCUT2D eigenvalue weighted by molar-refractivity contribution is 7.31. The van der Waals surface area contributed by atoms with Crippen LogP contribution in [-0.2, 0) is 4.57 Å². The van der Waals surface area contributed by atoms with Gasteiger partial charge in [-0.25, -0.2) is 4.20 Å². The zero-order valence-electron chi connectivity index (χ0n) is 9.01. The maximum Gasteiger partial charge on any atom is 0.597 e. The second-order valence-electron chi connectivity index (χ2n) is 3.35. The quantitative estimate of drug-likeness (QED) is 0.739. The Morgan fingerprint density at radius 2 is 2.12 bits per heavy atom. The van der Waals surface area contributed by atoms with E-state index >= 15 is 0 Å². The molecular weight excluding hydrogens is 219 g/mol.